The average molecular weight is 221 g/mol. The van der Waals surface area contributed by atoms with Gasteiger partial charge >= 0.3 is 0 Å². The Labute approximate surface area is 100 Å². The van der Waals surface area contributed by atoms with Gasteiger partial charge in [-0.3, -0.25) is 0 Å². The van der Waals surface area contributed by atoms with Gasteiger partial charge in [0.25, 0.3) is 0 Å². The highest BCUT2D eigenvalue weighted by Crippen LogP contribution is 2.53. The van der Waals surface area contributed by atoms with Crippen LogP contribution in [-0.2, 0) is 0 Å². The normalized spacial score (nSPS) is 44.1. The van der Waals surface area contributed by atoms with E-state index in [2.05, 4.69) is 33.8 Å². The van der Waals surface area contributed by atoms with E-state index in [0.29, 0.717) is 11.5 Å². The molecular weight excluding hydrogens is 194 g/mol. The van der Waals surface area contributed by atoms with Crippen molar-refractivity contribution in [3.63, 3.8) is 0 Å². The number of fused-ring (bicyclic) bond motifs is 1. The van der Waals surface area contributed by atoms with Crippen LogP contribution in [0.4, 0.5) is 0 Å². The van der Waals surface area contributed by atoms with E-state index in [0.717, 1.165) is 24.2 Å². The quantitative estimate of drug-likeness (QED) is 0.671. The molecule has 1 nitrogen and oxygen atoms in total. The van der Waals surface area contributed by atoms with Crippen LogP contribution in [0, 0.1) is 23.2 Å². The van der Waals surface area contributed by atoms with Crippen molar-refractivity contribution in [1.29, 1.82) is 0 Å². The molecule has 0 aliphatic heterocycles. The van der Waals surface area contributed by atoms with Gasteiger partial charge < -0.3 is 5.73 Å². The van der Waals surface area contributed by atoms with Crippen molar-refractivity contribution in [1.82, 2.24) is 0 Å². The van der Waals surface area contributed by atoms with Crippen LogP contribution in [0.3, 0.4) is 0 Å². The Kier molecular flexibility index (Phi) is 3.18. The first-order valence-electron chi connectivity index (χ1n) is 6.90. The van der Waals surface area contributed by atoms with Crippen molar-refractivity contribution >= 4 is 0 Å². The number of rotatable bonds is 1. The number of hydrogen-bond donors (Lipinski definition) is 1. The molecule has 2 rings (SSSR count). The molecule has 2 aliphatic rings. The monoisotopic (exact) mass is 221 g/mol. The summed E-state index contributed by atoms with van der Waals surface area (Å²) in [6.45, 7) is 9.69. The molecule has 2 aliphatic carbocycles. The predicted molar refractivity (Wildman–Crippen MR) is 70.1 cm³/mol. The summed E-state index contributed by atoms with van der Waals surface area (Å²) in [4.78, 5) is 0. The van der Waals surface area contributed by atoms with Gasteiger partial charge in [0, 0.05) is 6.04 Å². The zero-order valence-electron chi connectivity index (χ0n) is 11.3. The third-order valence-corrected chi connectivity index (χ3v) is 5.39. The number of allylic oxidation sites excluding steroid dienone is 1. The Balaban J connectivity index is 2.26. The van der Waals surface area contributed by atoms with Gasteiger partial charge in [-0.1, -0.05) is 39.3 Å². The molecule has 0 aromatic carbocycles. The third kappa shape index (κ3) is 1.84. The van der Waals surface area contributed by atoms with Crippen molar-refractivity contribution in [2.75, 3.05) is 0 Å². The highest BCUT2D eigenvalue weighted by atomic mass is 14.7. The first-order valence-corrected chi connectivity index (χ1v) is 6.90. The highest BCUT2D eigenvalue weighted by molar-refractivity contribution is 5.23. The molecule has 0 spiro atoms. The van der Waals surface area contributed by atoms with E-state index >= 15 is 0 Å². The standard InChI is InChI=1S/C15H27N/c1-10(2)14-6-5-12-9-13(16)7-8-15(12,4)11(14)3/h5,10-11,13-14H,6-9,16H2,1-4H3/t11?,13-,14?,15+/m0/s1. The minimum Gasteiger partial charge on any atom is -0.327 e. The van der Waals surface area contributed by atoms with Gasteiger partial charge in [0.15, 0.2) is 0 Å². The van der Waals surface area contributed by atoms with Crippen LogP contribution in [0.1, 0.15) is 53.4 Å². The summed E-state index contributed by atoms with van der Waals surface area (Å²) in [6.07, 6.45) is 7.44. The SMILES string of the molecule is CC(C)C1CC=C2C[C@@H](N)CC[C@]2(C)C1C. The summed E-state index contributed by atoms with van der Waals surface area (Å²) in [7, 11) is 0. The van der Waals surface area contributed by atoms with Crippen LogP contribution in [0.25, 0.3) is 0 Å². The summed E-state index contributed by atoms with van der Waals surface area (Å²) in [6, 6.07) is 0.419. The van der Waals surface area contributed by atoms with Crippen LogP contribution in [-0.4, -0.2) is 6.04 Å². The Morgan fingerprint density at radius 3 is 2.75 bits per heavy atom. The predicted octanol–water partition coefficient (Wildman–Crippen LogP) is 3.74. The lowest BCUT2D eigenvalue weighted by molar-refractivity contribution is 0.0924. The van der Waals surface area contributed by atoms with Gasteiger partial charge in [-0.25, -0.2) is 0 Å². The number of hydrogen-bond acceptors (Lipinski definition) is 1. The zero-order chi connectivity index (χ0) is 11.9. The second kappa shape index (κ2) is 4.18. The van der Waals surface area contributed by atoms with Crippen LogP contribution in [0.2, 0.25) is 0 Å². The number of nitrogens with two attached hydrogens (primary N) is 1. The second-order valence-corrected chi connectivity index (χ2v) is 6.58. The van der Waals surface area contributed by atoms with Crippen LogP contribution in [0.5, 0.6) is 0 Å². The second-order valence-electron chi connectivity index (χ2n) is 6.58. The lowest BCUT2D eigenvalue weighted by atomic mass is 9.55. The van der Waals surface area contributed by atoms with E-state index in [9.17, 15) is 0 Å². The fourth-order valence-electron chi connectivity index (χ4n) is 3.90. The molecule has 0 amide bonds. The summed E-state index contributed by atoms with van der Waals surface area (Å²) >= 11 is 0. The van der Waals surface area contributed by atoms with Gasteiger partial charge in [0.1, 0.15) is 0 Å². The van der Waals surface area contributed by atoms with E-state index in [1.807, 2.05) is 0 Å². The van der Waals surface area contributed by atoms with E-state index in [1.165, 1.54) is 19.3 Å². The molecule has 0 heterocycles. The van der Waals surface area contributed by atoms with Crippen LogP contribution < -0.4 is 5.73 Å². The largest absolute Gasteiger partial charge is 0.327 e. The molecule has 4 atom stereocenters. The van der Waals surface area contributed by atoms with E-state index < -0.39 is 0 Å². The van der Waals surface area contributed by atoms with Gasteiger partial charge in [-0.05, 0) is 48.9 Å². The summed E-state index contributed by atoms with van der Waals surface area (Å²) in [5, 5.41) is 0. The molecule has 0 aromatic heterocycles. The molecule has 2 unspecified atom stereocenters. The van der Waals surface area contributed by atoms with Gasteiger partial charge in [-0.2, -0.15) is 0 Å². The molecular formula is C15H27N. The zero-order valence-corrected chi connectivity index (χ0v) is 11.3. The van der Waals surface area contributed by atoms with Crippen molar-refractivity contribution in [2.24, 2.45) is 28.9 Å². The Hall–Kier alpha value is -0.300. The average Bonchev–Trinajstić information content (AvgIpc) is 2.21. The minimum absolute atomic E-state index is 0.419. The Bertz CT molecular complexity index is 292. The minimum atomic E-state index is 0.419. The molecule has 92 valence electrons. The summed E-state index contributed by atoms with van der Waals surface area (Å²) in [5.41, 5.74) is 8.21. The Morgan fingerprint density at radius 2 is 2.12 bits per heavy atom. The highest BCUT2D eigenvalue weighted by Gasteiger charge is 2.44. The van der Waals surface area contributed by atoms with Crippen molar-refractivity contribution < 1.29 is 0 Å². The maximum atomic E-state index is 6.10. The first kappa shape index (κ1) is 12.2. The molecule has 2 N–H and O–H groups in total. The molecule has 0 aromatic rings. The molecule has 16 heavy (non-hydrogen) atoms. The molecule has 0 bridgehead atoms. The first-order chi connectivity index (χ1) is 7.45. The van der Waals surface area contributed by atoms with Crippen LogP contribution >= 0.6 is 0 Å². The van der Waals surface area contributed by atoms with Gasteiger partial charge in [0.2, 0.25) is 0 Å². The van der Waals surface area contributed by atoms with E-state index in [-0.39, 0.29) is 0 Å². The summed E-state index contributed by atoms with van der Waals surface area (Å²) < 4.78 is 0. The lowest BCUT2D eigenvalue weighted by Gasteiger charge is -2.50. The fourth-order valence-corrected chi connectivity index (χ4v) is 3.90. The topological polar surface area (TPSA) is 26.0 Å². The van der Waals surface area contributed by atoms with Gasteiger partial charge in [-0.15, -0.1) is 0 Å². The van der Waals surface area contributed by atoms with Crippen molar-refractivity contribution in [3.8, 4) is 0 Å². The molecule has 0 radical (unpaired) electrons. The smallest absolute Gasteiger partial charge is 0.00766 e. The molecule has 1 fully saturated rings. The van der Waals surface area contributed by atoms with Crippen molar-refractivity contribution in [2.45, 2.75) is 59.4 Å². The molecule has 0 saturated heterocycles. The molecule has 1 heteroatoms. The maximum Gasteiger partial charge on any atom is 0.00766 e. The van der Waals surface area contributed by atoms with E-state index in [1.54, 1.807) is 5.57 Å². The third-order valence-electron chi connectivity index (χ3n) is 5.39. The van der Waals surface area contributed by atoms with Gasteiger partial charge in [0.05, 0.1) is 0 Å². The maximum absolute atomic E-state index is 6.10. The van der Waals surface area contributed by atoms with E-state index in [4.69, 9.17) is 5.73 Å². The molecule has 1 saturated carbocycles. The summed E-state index contributed by atoms with van der Waals surface area (Å²) in [5.74, 6) is 2.49. The van der Waals surface area contributed by atoms with Crippen LogP contribution in [0.15, 0.2) is 11.6 Å². The Morgan fingerprint density at radius 1 is 1.44 bits per heavy atom. The lowest BCUT2D eigenvalue weighted by Crippen LogP contribution is -2.43. The van der Waals surface area contributed by atoms with Crippen molar-refractivity contribution in [3.05, 3.63) is 11.6 Å². The fraction of sp³-hybridized carbons (Fsp3) is 0.867.